The molecule has 0 spiro atoms. The van der Waals surface area contributed by atoms with Crippen LogP contribution in [-0.2, 0) is 19.4 Å². The van der Waals surface area contributed by atoms with E-state index in [1.807, 2.05) is 19.0 Å². The molecule has 1 heterocycles. The molecule has 0 fully saturated rings. The van der Waals surface area contributed by atoms with Gasteiger partial charge in [0.2, 0.25) is 15.1 Å². The fourth-order valence-electron chi connectivity index (χ4n) is 3.24. The predicted octanol–water partition coefficient (Wildman–Crippen LogP) is 2.42. The number of carbonyl (C=O) groups excluding carboxylic acids is 2. The highest BCUT2D eigenvalue weighted by atomic mass is 35.5. The van der Waals surface area contributed by atoms with Crippen LogP contribution in [0.25, 0.3) is 0 Å². The van der Waals surface area contributed by atoms with E-state index >= 15 is 0 Å². The van der Waals surface area contributed by atoms with E-state index in [9.17, 15) is 18.0 Å². The summed E-state index contributed by atoms with van der Waals surface area (Å²) < 4.78 is 26.2. The predicted molar refractivity (Wildman–Crippen MR) is 113 cm³/mol. The van der Waals surface area contributed by atoms with Gasteiger partial charge in [0.1, 0.15) is 0 Å². The van der Waals surface area contributed by atoms with Crippen molar-refractivity contribution < 1.29 is 18.0 Å². The molecular weight excluding hydrogens is 414 g/mol. The van der Waals surface area contributed by atoms with E-state index < -0.39 is 26.9 Å². The Morgan fingerprint density at radius 1 is 1.17 bits per heavy atom. The van der Waals surface area contributed by atoms with Crippen molar-refractivity contribution in [3.05, 3.63) is 53.6 Å². The Balaban J connectivity index is 1.96. The molecule has 7 nitrogen and oxygen atoms in total. The molecule has 0 saturated heterocycles. The minimum absolute atomic E-state index is 0.0179. The second-order valence-corrected chi connectivity index (χ2v) is 9.48. The van der Waals surface area contributed by atoms with Gasteiger partial charge in [0.15, 0.2) is 0 Å². The van der Waals surface area contributed by atoms with Gasteiger partial charge in [-0.1, -0.05) is 29.8 Å². The minimum Gasteiger partial charge on any atom is -0.324 e. The highest BCUT2D eigenvalue weighted by Crippen LogP contribution is 2.35. The highest BCUT2D eigenvalue weighted by Gasteiger charge is 2.48. The summed E-state index contributed by atoms with van der Waals surface area (Å²) in [5.41, 5.74) is 0.631. The number of carbonyl (C=O) groups is 2. The Morgan fingerprint density at radius 3 is 2.59 bits per heavy atom. The van der Waals surface area contributed by atoms with E-state index in [-0.39, 0.29) is 4.90 Å². The van der Waals surface area contributed by atoms with Gasteiger partial charge < -0.3 is 15.1 Å². The molecule has 29 heavy (non-hydrogen) atoms. The van der Waals surface area contributed by atoms with Crippen LogP contribution in [0.4, 0.5) is 11.4 Å². The fourth-order valence-corrected chi connectivity index (χ4v) is 5.16. The molecule has 0 bridgehead atoms. The first-order chi connectivity index (χ1) is 13.7. The average molecular weight is 436 g/mol. The molecular formula is C20H22ClN3O4S. The van der Waals surface area contributed by atoms with E-state index in [4.69, 9.17) is 11.6 Å². The summed E-state index contributed by atoms with van der Waals surface area (Å²) >= 11 is 5.92. The smallest absolute Gasteiger partial charge is 0.255 e. The van der Waals surface area contributed by atoms with Gasteiger partial charge in [-0.3, -0.25) is 9.59 Å². The molecule has 1 aliphatic rings. The van der Waals surface area contributed by atoms with Crippen molar-refractivity contribution in [3.8, 4) is 0 Å². The van der Waals surface area contributed by atoms with Crippen LogP contribution in [0.1, 0.15) is 6.42 Å². The Morgan fingerprint density at radius 2 is 1.90 bits per heavy atom. The number of hydrogen-bond acceptors (Lipinski definition) is 5. The Hall–Kier alpha value is -2.42. The van der Waals surface area contributed by atoms with Gasteiger partial charge in [0.25, 0.3) is 11.8 Å². The van der Waals surface area contributed by atoms with Crippen molar-refractivity contribution in [3.63, 3.8) is 0 Å². The lowest BCUT2D eigenvalue weighted by molar-refractivity contribution is -0.124. The van der Waals surface area contributed by atoms with Gasteiger partial charge in [-0.05, 0) is 57.4 Å². The van der Waals surface area contributed by atoms with E-state index in [0.29, 0.717) is 29.4 Å². The van der Waals surface area contributed by atoms with E-state index in [2.05, 4.69) is 5.32 Å². The first kappa shape index (κ1) is 21.3. The maximum Gasteiger partial charge on any atom is 0.255 e. The van der Waals surface area contributed by atoms with E-state index in [1.165, 1.54) is 17.0 Å². The standard InChI is InChI=1S/C20H22ClN3O4S/c1-23(2)11-6-12-24-16-9-3-4-10-17(16)29(27,28)18(20(24)26)19(25)22-15-8-5-7-14(21)13-15/h3-5,7-10,13,18H,6,11-12H2,1-2H3,(H,22,25). The number of rotatable bonds is 6. The average Bonchev–Trinajstić information content (AvgIpc) is 2.64. The number of fused-ring (bicyclic) bond motifs is 1. The topological polar surface area (TPSA) is 86.8 Å². The number of nitrogens with zero attached hydrogens (tertiary/aromatic N) is 2. The molecule has 0 radical (unpaired) electrons. The summed E-state index contributed by atoms with van der Waals surface area (Å²) in [4.78, 5) is 29.3. The largest absolute Gasteiger partial charge is 0.324 e. The van der Waals surface area contributed by atoms with Crippen molar-refractivity contribution in [1.29, 1.82) is 0 Å². The second-order valence-electron chi connectivity index (χ2n) is 7.04. The highest BCUT2D eigenvalue weighted by molar-refractivity contribution is 7.94. The van der Waals surface area contributed by atoms with Crippen LogP contribution in [0.2, 0.25) is 5.02 Å². The second kappa shape index (κ2) is 8.52. The zero-order valence-electron chi connectivity index (χ0n) is 16.1. The summed E-state index contributed by atoms with van der Waals surface area (Å²) in [6.07, 6.45) is 0.635. The zero-order chi connectivity index (χ0) is 21.2. The van der Waals surface area contributed by atoms with Crippen molar-refractivity contribution in [2.45, 2.75) is 16.6 Å². The van der Waals surface area contributed by atoms with Crippen molar-refractivity contribution in [2.75, 3.05) is 37.4 Å². The Kier molecular flexibility index (Phi) is 6.26. The van der Waals surface area contributed by atoms with Gasteiger partial charge in [-0.15, -0.1) is 0 Å². The Bertz CT molecular complexity index is 1040. The molecule has 9 heteroatoms. The fraction of sp³-hybridized carbons (Fsp3) is 0.300. The third kappa shape index (κ3) is 4.44. The quantitative estimate of drug-likeness (QED) is 0.704. The monoisotopic (exact) mass is 435 g/mol. The number of anilines is 2. The summed E-state index contributed by atoms with van der Waals surface area (Å²) in [6.45, 7) is 1.03. The number of nitrogens with one attached hydrogen (secondary N) is 1. The van der Waals surface area contributed by atoms with Crippen molar-refractivity contribution in [1.82, 2.24) is 4.90 Å². The van der Waals surface area contributed by atoms with E-state index in [1.54, 1.807) is 36.4 Å². The molecule has 1 atom stereocenters. The minimum atomic E-state index is -4.18. The molecule has 2 aromatic carbocycles. The summed E-state index contributed by atoms with van der Waals surface area (Å²) in [7, 11) is -0.354. The number of halogens is 1. The van der Waals surface area contributed by atoms with Crippen LogP contribution in [0.5, 0.6) is 0 Å². The molecule has 0 aliphatic carbocycles. The molecule has 1 aliphatic heterocycles. The number of sulfone groups is 1. The summed E-state index contributed by atoms with van der Waals surface area (Å²) in [5.74, 6) is -1.65. The first-order valence-electron chi connectivity index (χ1n) is 9.07. The third-order valence-electron chi connectivity index (χ3n) is 4.58. The van der Waals surface area contributed by atoms with Crippen LogP contribution < -0.4 is 10.2 Å². The number of amides is 2. The van der Waals surface area contributed by atoms with Gasteiger partial charge in [0.05, 0.1) is 10.6 Å². The molecule has 0 saturated carbocycles. The normalized spacial score (nSPS) is 17.9. The number of para-hydroxylation sites is 1. The van der Waals surface area contributed by atoms with Crippen LogP contribution >= 0.6 is 11.6 Å². The van der Waals surface area contributed by atoms with Crippen LogP contribution in [0.3, 0.4) is 0 Å². The molecule has 2 amide bonds. The van der Waals surface area contributed by atoms with Gasteiger partial charge >= 0.3 is 0 Å². The van der Waals surface area contributed by atoms with Gasteiger partial charge in [0, 0.05) is 17.3 Å². The maximum absolute atomic E-state index is 13.1. The van der Waals surface area contributed by atoms with Crippen LogP contribution in [-0.4, -0.2) is 57.6 Å². The summed E-state index contributed by atoms with van der Waals surface area (Å²) in [6, 6.07) is 12.6. The molecule has 154 valence electrons. The SMILES string of the molecule is CN(C)CCCN1C(=O)C(C(=O)Nc2cccc(Cl)c2)S(=O)(=O)c2ccccc21. The molecule has 1 N–H and O–H groups in total. The van der Waals surface area contributed by atoms with Crippen molar-refractivity contribution >= 4 is 44.6 Å². The van der Waals surface area contributed by atoms with Gasteiger partial charge in [-0.25, -0.2) is 8.42 Å². The third-order valence-corrected chi connectivity index (χ3v) is 6.81. The lowest BCUT2D eigenvalue weighted by Gasteiger charge is -2.33. The summed E-state index contributed by atoms with van der Waals surface area (Å²) in [5, 5.41) is 1.04. The molecule has 2 aromatic rings. The van der Waals surface area contributed by atoms with Crippen molar-refractivity contribution in [2.24, 2.45) is 0 Å². The molecule has 1 unspecified atom stereocenters. The maximum atomic E-state index is 13.1. The van der Waals surface area contributed by atoms with Crippen LogP contribution in [0.15, 0.2) is 53.4 Å². The first-order valence-corrected chi connectivity index (χ1v) is 11.0. The van der Waals surface area contributed by atoms with Crippen LogP contribution in [0, 0.1) is 0 Å². The molecule has 3 rings (SSSR count). The molecule has 0 aromatic heterocycles. The number of benzene rings is 2. The van der Waals surface area contributed by atoms with Gasteiger partial charge in [-0.2, -0.15) is 0 Å². The lowest BCUT2D eigenvalue weighted by atomic mass is 10.2. The Labute approximate surface area is 175 Å². The van der Waals surface area contributed by atoms with E-state index in [0.717, 1.165) is 6.54 Å². The number of hydrogen-bond donors (Lipinski definition) is 1. The zero-order valence-corrected chi connectivity index (χ0v) is 17.7. The lowest BCUT2D eigenvalue weighted by Crippen LogP contribution is -2.53.